The monoisotopic (exact) mass is 953 g/mol. The number of benzene rings is 8. The molecule has 8 aromatic rings. The molecule has 0 saturated heterocycles. The third kappa shape index (κ3) is 7.18. The van der Waals surface area contributed by atoms with Crippen LogP contribution in [0.4, 0.5) is 28.4 Å². The van der Waals surface area contributed by atoms with E-state index in [1.54, 1.807) is 0 Å². The molecular weight excluding hydrogens is 880 g/mol. The number of nitrogens with zero attached hydrogens (tertiary/aromatic N) is 2. The minimum atomic E-state index is -0.201. The summed E-state index contributed by atoms with van der Waals surface area (Å²) >= 11 is 0. The summed E-state index contributed by atoms with van der Waals surface area (Å²) in [5.74, 6) is 0. The van der Waals surface area contributed by atoms with Crippen LogP contribution in [0, 0.1) is 20.8 Å². The molecule has 0 amide bonds. The molecule has 0 fully saturated rings. The third-order valence-electron chi connectivity index (χ3n) is 17.9. The molecule has 0 unspecified atom stereocenters. The molecule has 0 spiro atoms. The Balaban J connectivity index is 1.29. The number of anilines is 5. The van der Waals surface area contributed by atoms with Crippen molar-refractivity contribution in [3.8, 4) is 44.5 Å². The van der Waals surface area contributed by atoms with Gasteiger partial charge in [-0.05, 0) is 187 Å². The van der Waals surface area contributed by atoms with Gasteiger partial charge in [-0.3, -0.25) is 0 Å². The number of hydrogen-bond acceptors (Lipinski definition) is 2. The Morgan fingerprint density at radius 1 is 0.452 bits per heavy atom. The maximum absolute atomic E-state index is 2.77. The number of aryl methyl sites for hydroxylation is 3. The standard InChI is InChI=1S/C70H73BN2/c1-42-35-43(2)62(44(3)36-42)46-37-53-52-40-56-57(69(12,13)34-33-68(56,10)11)41-60(52)73(49-28-25-47(26-29-49)66(4,5)6)71-58-31-30-55-63(50-23-19-20-24-54(50)70(55,14)15)65(58)72(61(38-46)64(53)71)59-32-27-48(67(7,8)9)39-51(59)45-21-17-16-18-22-45/h16-32,35-41H,33-34H2,1-15H3. The van der Waals surface area contributed by atoms with Gasteiger partial charge in [0.15, 0.2) is 0 Å². The van der Waals surface area contributed by atoms with Gasteiger partial charge in [-0.15, -0.1) is 0 Å². The molecule has 4 aliphatic rings. The summed E-state index contributed by atoms with van der Waals surface area (Å²) in [7, 11) is 0. The normalized spacial score (nSPS) is 16.6. The summed E-state index contributed by atoms with van der Waals surface area (Å²) in [6, 6.07) is 57.7. The van der Waals surface area contributed by atoms with Crippen molar-refractivity contribution < 1.29 is 0 Å². The van der Waals surface area contributed by atoms with Crippen molar-refractivity contribution in [1.29, 1.82) is 0 Å². The van der Waals surface area contributed by atoms with Crippen LogP contribution in [0.3, 0.4) is 0 Å². The van der Waals surface area contributed by atoms with Crippen molar-refractivity contribution in [3.63, 3.8) is 0 Å². The van der Waals surface area contributed by atoms with Gasteiger partial charge in [0.05, 0.1) is 11.4 Å². The lowest BCUT2D eigenvalue weighted by Crippen LogP contribution is -2.62. The lowest BCUT2D eigenvalue weighted by molar-refractivity contribution is 0.332. The average molecular weight is 953 g/mol. The van der Waals surface area contributed by atoms with Crippen molar-refractivity contribution in [1.82, 2.24) is 0 Å². The van der Waals surface area contributed by atoms with E-state index < -0.39 is 0 Å². The average Bonchev–Trinajstić information content (AvgIpc) is 3.57. The lowest BCUT2D eigenvalue weighted by atomic mass is 9.42. The SMILES string of the molecule is Cc1cc(C)c(-c2cc3c4c(c2)N(c2ccc(C(C)(C)C)cc2-c2ccccc2)c2c(ccc5c2-c2ccccc2C5(C)C)B4N(c2ccc(C(C)(C)C)cc2)c2cc4c(cc2-3)C(C)(C)CCC4(C)C)c(C)c1. The third-order valence-corrected chi connectivity index (χ3v) is 17.9. The first-order valence-corrected chi connectivity index (χ1v) is 27.1. The predicted molar refractivity (Wildman–Crippen MR) is 315 cm³/mol. The molecule has 2 aliphatic heterocycles. The fourth-order valence-corrected chi connectivity index (χ4v) is 13.8. The molecule has 73 heavy (non-hydrogen) atoms. The second-order valence-corrected chi connectivity index (χ2v) is 26.3. The van der Waals surface area contributed by atoms with E-state index in [9.17, 15) is 0 Å². The fraction of sp³-hybridized carbons (Fsp3) is 0.314. The summed E-state index contributed by atoms with van der Waals surface area (Å²) in [6.07, 6.45) is 2.31. The largest absolute Gasteiger partial charge is 0.376 e. The Labute approximate surface area is 437 Å². The van der Waals surface area contributed by atoms with E-state index in [1.165, 1.54) is 134 Å². The van der Waals surface area contributed by atoms with Crippen molar-refractivity contribution >= 4 is 46.2 Å². The molecule has 12 rings (SSSR count). The van der Waals surface area contributed by atoms with Gasteiger partial charge in [-0.2, -0.15) is 0 Å². The van der Waals surface area contributed by atoms with Crippen molar-refractivity contribution in [3.05, 3.63) is 196 Å². The quantitative estimate of drug-likeness (QED) is 0.162. The second kappa shape index (κ2) is 16.0. The van der Waals surface area contributed by atoms with Crippen LogP contribution in [0.5, 0.6) is 0 Å². The predicted octanol–water partition coefficient (Wildman–Crippen LogP) is 17.9. The Morgan fingerprint density at radius 2 is 1.07 bits per heavy atom. The molecule has 0 bridgehead atoms. The Kier molecular flexibility index (Phi) is 10.4. The highest BCUT2D eigenvalue weighted by atomic mass is 15.2. The maximum atomic E-state index is 2.77. The van der Waals surface area contributed by atoms with Gasteiger partial charge in [-0.25, -0.2) is 0 Å². The van der Waals surface area contributed by atoms with E-state index in [-0.39, 0.29) is 33.9 Å². The summed E-state index contributed by atoms with van der Waals surface area (Å²) in [5, 5.41) is 0. The molecule has 2 nitrogen and oxygen atoms in total. The van der Waals surface area contributed by atoms with E-state index in [0.717, 1.165) is 12.8 Å². The molecular formula is C70H73BN2. The fourth-order valence-electron chi connectivity index (χ4n) is 13.8. The topological polar surface area (TPSA) is 6.48 Å². The molecule has 0 atom stereocenters. The first-order chi connectivity index (χ1) is 34.5. The van der Waals surface area contributed by atoms with Crippen LogP contribution in [0.25, 0.3) is 44.5 Å². The Hall–Kier alpha value is -6.58. The summed E-state index contributed by atoms with van der Waals surface area (Å²) in [4.78, 5) is 5.51. The highest BCUT2D eigenvalue weighted by molar-refractivity contribution is 6.93. The second-order valence-electron chi connectivity index (χ2n) is 26.3. The molecule has 2 heterocycles. The van der Waals surface area contributed by atoms with E-state index in [2.05, 4.69) is 259 Å². The summed E-state index contributed by atoms with van der Waals surface area (Å²) in [6.45, 7) is 35.6. The van der Waals surface area contributed by atoms with Crippen LogP contribution in [-0.4, -0.2) is 6.85 Å². The zero-order chi connectivity index (χ0) is 51.5. The van der Waals surface area contributed by atoms with Crippen molar-refractivity contribution in [2.24, 2.45) is 0 Å². The van der Waals surface area contributed by atoms with Crippen LogP contribution in [0.2, 0.25) is 0 Å². The number of fused-ring (bicyclic) bond motifs is 9. The maximum Gasteiger partial charge on any atom is 0.333 e. The zero-order valence-corrected chi connectivity index (χ0v) is 46.2. The first-order valence-electron chi connectivity index (χ1n) is 27.1. The smallest absolute Gasteiger partial charge is 0.333 e. The van der Waals surface area contributed by atoms with Crippen LogP contribution >= 0.6 is 0 Å². The minimum Gasteiger partial charge on any atom is -0.376 e. The highest BCUT2D eigenvalue weighted by Gasteiger charge is 2.50. The molecule has 0 aromatic heterocycles. The van der Waals surface area contributed by atoms with Gasteiger partial charge in [-0.1, -0.05) is 186 Å². The molecule has 0 N–H and O–H groups in total. The van der Waals surface area contributed by atoms with Crippen LogP contribution in [0.1, 0.15) is 146 Å². The van der Waals surface area contributed by atoms with Gasteiger partial charge < -0.3 is 9.71 Å². The summed E-state index contributed by atoms with van der Waals surface area (Å²) in [5.41, 5.74) is 31.5. The Morgan fingerprint density at radius 3 is 1.73 bits per heavy atom. The number of rotatable bonds is 4. The van der Waals surface area contributed by atoms with Crippen LogP contribution < -0.4 is 20.6 Å². The molecule has 3 heteroatoms. The minimum absolute atomic E-state index is 0.0209. The van der Waals surface area contributed by atoms with Gasteiger partial charge >= 0.3 is 6.85 Å². The van der Waals surface area contributed by atoms with Crippen molar-refractivity contribution in [2.75, 3.05) is 9.71 Å². The van der Waals surface area contributed by atoms with Gasteiger partial charge in [0, 0.05) is 39.2 Å². The Bertz CT molecular complexity index is 3570. The van der Waals surface area contributed by atoms with Gasteiger partial charge in [0.2, 0.25) is 0 Å². The molecule has 2 aliphatic carbocycles. The van der Waals surface area contributed by atoms with Crippen LogP contribution in [0.15, 0.2) is 146 Å². The van der Waals surface area contributed by atoms with Gasteiger partial charge in [0.1, 0.15) is 0 Å². The lowest BCUT2D eigenvalue weighted by Gasteiger charge is -2.49. The summed E-state index contributed by atoms with van der Waals surface area (Å²) < 4.78 is 0. The van der Waals surface area contributed by atoms with E-state index in [4.69, 9.17) is 0 Å². The molecule has 0 radical (unpaired) electrons. The van der Waals surface area contributed by atoms with E-state index >= 15 is 0 Å². The van der Waals surface area contributed by atoms with E-state index in [0.29, 0.717) is 0 Å². The van der Waals surface area contributed by atoms with Crippen molar-refractivity contribution in [2.45, 2.75) is 144 Å². The molecule has 366 valence electrons. The highest BCUT2D eigenvalue weighted by Crippen LogP contribution is 2.59. The van der Waals surface area contributed by atoms with Gasteiger partial charge in [0.25, 0.3) is 0 Å². The zero-order valence-electron chi connectivity index (χ0n) is 46.2. The van der Waals surface area contributed by atoms with E-state index in [1.807, 2.05) is 0 Å². The molecule has 8 aromatic carbocycles. The first kappa shape index (κ1) is 47.4. The number of hydrogen-bond donors (Lipinski definition) is 0. The molecule has 0 saturated carbocycles. The van der Waals surface area contributed by atoms with Crippen LogP contribution in [-0.2, 0) is 27.1 Å².